The summed E-state index contributed by atoms with van der Waals surface area (Å²) in [6, 6.07) is 0.495. The van der Waals surface area contributed by atoms with Gasteiger partial charge >= 0.3 is 6.03 Å². The van der Waals surface area contributed by atoms with Gasteiger partial charge in [-0.15, -0.1) is 0 Å². The summed E-state index contributed by atoms with van der Waals surface area (Å²) in [5, 5.41) is 5.96. The lowest BCUT2D eigenvalue weighted by Crippen LogP contribution is -2.44. The molecule has 0 saturated heterocycles. The van der Waals surface area contributed by atoms with E-state index >= 15 is 0 Å². The van der Waals surface area contributed by atoms with Gasteiger partial charge in [0.1, 0.15) is 0 Å². The van der Waals surface area contributed by atoms with Crippen LogP contribution in [0.3, 0.4) is 0 Å². The van der Waals surface area contributed by atoms with E-state index in [1.165, 1.54) is 25.7 Å². The van der Waals surface area contributed by atoms with E-state index in [4.69, 9.17) is 0 Å². The van der Waals surface area contributed by atoms with Gasteiger partial charge in [0.15, 0.2) is 0 Å². The molecule has 2 aliphatic carbocycles. The van der Waals surface area contributed by atoms with E-state index in [1.807, 2.05) is 0 Å². The highest BCUT2D eigenvalue weighted by molar-refractivity contribution is 5.74. The zero-order valence-corrected chi connectivity index (χ0v) is 8.88. The van der Waals surface area contributed by atoms with Crippen LogP contribution < -0.4 is 10.6 Å². The molecule has 0 heterocycles. The molecule has 2 bridgehead atoms. The Morgan fingerprint density at radius 1 is 1.36 bits per heavy atom. The van der Waals surface area contributed by atoms with Gasteiger partial charge in [0.05, 0.1) is 0 Å². The van der Waals surface area contributed by atoms with Gasteiger partial charge in [-0.05, 0) is 37.5 Å². The number of fused-ring (bicyclic) bond motifs is 2. The second-order valence-electron chi connectivity index (χ2n) is 4.68. The van der Waals surface area contributed by atoms with Crippen LogP contribution in [0.2, 0.25) is 0 Å². The normalized spacial score (nSPS) is 34.5. The van der Waals surface area contributed by atoms with Crippen LogP contribution in [0.25, 0.3) is 0 Å². The molecule has 2 fully saturated rings. The minimum Gasteiger partial charge on any atom is -0.338 e. The first-order valence-corrected chi connectivity index (χ1v) is 5.84. The molecule has 2 N–H and O–H groups in total. The molecule has 0 spiro atoms. The zero-order chi connectivity index (χ0) is 9.97. The monoisotopic (exact) mass is 196 g/mol. The summed E-state index contributed by atoms with van der Waals surface area (Å²) in [6.07, 6.45) is 6.27. The molecule has 0 aliphatic heterocycles. The number of urea groups is 1. The van der Waals surface area contributed by atoms with Gasteiger partial charge in [0, 0.05) is 12.6 Å². The molecule has 0 radical (unpaired) electrons. The zero-order valence-electron chi connectivity index (χ0n) is 8.88. The molecule has 0 aromatic heterocycles. The minimum absolute atomic E-state index is 0.0319. The van der Waals surface area contributed by atoms with Gasteiger partial charge in [-0.1, -0.05) is 13.3 Å². The molecule has 0 unspecified atom stereocenters. The second-order valence-corrected chi connectivity index (χ2v) is 4.68. The Bertz CT molecular complexity index is 217. The van der Waals surface area contributed by atoms with Crippen molar-refractivity contribution in [1.29, 1.82) is 0 Å². The highest BCUT2D eigenvalue weighted by Crippen LogP contribution is 2.44. The van der Waals surface area contributed by atoms with Crippen molar-refractivity contribution >= 4 is 6.03 Å². The largest absolute Gasteiger partial charge is 0.338 e. The van der Waals surface area contributed by atoms with Gasteiger partial charge in [0.2, 0.25) is 0 Å². The van der Waals surface area contributed by atoms with Crippen molar-refractivity contribution in [2.75, 3.05) is 6.54 Å². The van der Waals surface area contributed by atoms with E-state index in [2.05, 4.69) is 17.6 Å². The second kappa shape index (κ2) is 4.20. The number of hydrogen-bond donors (Lipinski definition) is 2. The van der Waals surface area contributed by atoms with Crippen LogP contribution in [-0.4, -0.2) is 18.6 Å². The van der Waals surface area contributed by atoms with Crippen LogP contribution in [0.4, 0.5) is 4.79 Å². The van der Waals surface area contributed by atoms with Crippen LogP contribution in [0.5, 0.6) is 0 Å². The fraction of sp³-hybridized carbons (Fsp3) is 0.909. The number of nitrogens with one attached hydrogen (secondary N) is 2. The van der Waals surface area contributed by atoms with Gasteiger partial charge in [-0.2, -0.15) is 0 Å². The molecule has 0 aromatic carbocycles. The fourth-order valence-corrected chi connectivity index (χ4v) is 2.88. The topological polar surface area (TPSA) is 41.1 Å². The molecule has 14 heavy (non-hydrogen) atoms. The van der Waals surface area contributed by atoms with Crippen molar-refractivity contribution in [1.82, 2.24) is 10.6 Å². The molecule has 0 aromatic rings. The summed E-state index contributed by atoms with van der Waals surface area (Å²) >= 11 is 0. The lowest BCUT2D eigenvalue weighted by molar-refractivity contribution is 0.230. The third kappa shape index (κ3) is 2.02. The van der Waals surface area contributed by atoms with E-state index in [-0.39, 0.29) is 6.03 Å². The van der Waals surface area contributed by atoms with Gasteiger partial charge < -0.3 is 10.6 Å². The first-order valence-electron chi connectivity index (χ1n) is 5.84. The summed E-state index contributed by atoms with van der Waals surface area (Å²) < 4.78 is 0. The van der Waals surface area contributed by atoms with Crippen LogP contribution in [0, 0.1) is 11.8 Å². The van der Waals surface area contributed by atoms with Crippen molar-refractivity contribution in [2.24, 2.45) is 11.8 Å². The summed E-state index contributed by atoms with van der Waals surface area (Å²) in [5.74, 6) is 1.67. The Labute approximate surface area is 85.6 Å². The summed E-state index contributed by atoms with van der Waals surface area (Å²) in [6.45, 7) is 2.85. The van der Waals surface area contributed by atoms with Crippen molar-refractivity contribution in [3.8, 4) is 0 Å². The van der Waals surface area contributed by atoms with Crippen LogP contribution >= 0.6 is 0 Å². The lowest BCUT2D eigenvalue weighted by atomic mass is 9.95. The molecule has 2 saturated carbocycles. The van der Waals surface area contributed by atoms with Crippen molar-refractivity contribution in [3.63, 3.8) is 0 Å². The van der Waals surface area contributed by atoms with Crippen molar-refractivity contribution in [2.45, 2.75) is 45.1 Å². The minimum atomic E-state index is 0.0319. The fourth-order valence-electron chi connectivity index (χ4n) is 2.88. The van der Waals surface area contributed by atoms with E-state index in [9.17, 15) is 4.79 Å². The van der Waals surface area contributed by atoms with Crippen molar-refractivity contribution in [3.05, 3.63) is 0 Å². The number of carbonyl (C=O) groups is 1. The average Bonchev–Trinajstić information content (AvgIpc) is 2.76. The molecule has 3 heteroatoms. The van der Waals surface area contributed by atoms with Gasteiger partial charge in [-0.25, -0.2) is 4.79 Å². The summed E-state index contributed by atoms with van der Waals surface area (Å²) in [7, 11) is 0. The van der Waals surface area contributed by atoms with Crippen LogP contribution in [0.1, 0.15) is 39.0 Å². The number of carbonyl (C=O) groups excluding carboxylic acids is 1. The predicted molar refractivity (Wildman–Crippen MR) is 56.1 cm³/mol. The highest BCUT2D eigenvalue weighted by Gasteiger charge is 2.39. The van der Waals surface area contributed by atoms with Crippen LogP contribution in [-0.2, 0) is 0 Å². The van der Waals surface area contributed by atoms with E-state index < -0.39 is 0 Å². The Hall–Kier alpha value is -0.730. The Morgan fingerprint density at radius 2 is 2.21 bits per heavy atom. The molecule has 3 atom stereocenters. The van der Waals surface area contributed by atoms with Crippen LogP contribution in [0.15, 0.2) is 0 Å². The van der Waals surface area contributed by atoms with Gasteiger partial charge in [-0.3, -0.25) is 0 Å². The van der Waals surface area contributed by atoms with E-state index in [0.29, 0.717) is 6.04 Å². The van der Waals surface area contributed by atoms with Gasteiger partial charge in [0.25, 0.3) is 0 Å². The molecule has 80 valence electrons. The third-order valence-electron chi connectivity index (χ3n) is 3.59. The maximum Gasteiger partial charge on any atom is 0.315 e. The number of rotatable bonds is 3. The quantitative estimate of drug-likeness (QED) is 0.711. The lowest BCUT2D eigenvalue weighted by Gasteiger charge is -2.22. The molecule has 2 amide bonds. The predicted octanol–water partition coefficient (Wildman–Crippen LogP) is 1.88. The first-order chi connectivity index (χ1) is 6.79. The van der Waals surface area contributed by atoms with Crippen molar-refractivity contribution < 1.29 is 4.79 Å². The smallest absolute Gasteiger partial charge is 0.315 e. The third-order valence-corrected chi connectivity index (χ3v) is 3.59. The molecule has 2 rings (SSSR count). The number of hydrogen-bond acceptors (Lipinski definition) is 1. The molecular formula is C11H20N2O. The Balaban J connectivity index is 1.73. The average molecular weight is 196 g/mol. The standard InChI is InChI=1S/C11H20N2O/c1-2-5-12-11(14)13-10-7-8-3-4-9(10)6-8/h8-10H,2-7H2,1H3,(H2,12,13,14)/t8-,9+,10-/m0/s1. The summed E-state index contributed by atoms with van der Waals surface area (Å²) in [5.41, 5.74) is 0. The Kier molecular flexibility index (Phi) is 2.94. The highest BCUT2D eigenvalue weighted by atomic mass is 16.2. The van der Waals surface area contributed by atoms with E-state index in [1.54, 1.807) is 0 Å². The number of amides is 2. The maximum atomic E-state index is 11.4. The SMILES string of the molecule is CCCNC(=O)N[C@H]1C[C@H]2CC[C@@H]1C2. The molecule has 2 aliphatic rings. The maximum absolute atomic E-state index is 11.4. The Morgan fingerprint density at radius 3 is 2.79 bits per heavy atom. The molecule has 3 nitrogen and oxygen atoms in total. The van der Waals surface area contributed by atoms with E-state index in [0.717, 1.165) is 24.8 Å². The summed E-state index contributed by atoms with van der Waals surface area (Å²) in [4.78, 5) is 11.4. The molecular weight excluding hydrogens is 176 g/mol. The first kappa shape index (κ1) is 9.81.